The Morgan fingerprint density at radius 2 is 1.93 bits per heavy atom. The predicted molar refractivity (Wildman–Crippen MR) is 117 cm³/mol. The summed E-state index contributed by atoms with van der Waals surface area (Å²) in [5.41, 5.74) is 2.05. The molecule has 1 N–H and O–H groups in total. The number of aromatic nitrogens is 2. The lowest BCUT2D eigenvalue weighted by Gasteiger charge is -2.31. The number of oxazole rings is 1. The molecule has 0 saturated carbocycles. The third kappa shape index (κ3) is 4.64. The maximum absolute atomic E-state index is 9.53. The standard InChI is InChI=1S/C23H24ClN5O/c24-19-10-4-3-9-18(19)21(29-12-5-1-2-6-13-29)16-27-23-20(14-25)28-22(30-23)17-8-7-11-26-15-17/h3-4,7-11,15,21,27H,1-2,5-6,12-13,16H2. The number of nitriles is 1. The first kappa shape index (κ1) is 20.4. The summed E-state index contributed by atoms with van der Waals surface area (Å²) in [6.07, 6.45) is 8.23. The van der Waals surface area contributed by atoms with Crippen LogP contribution in [-0.2, 0) is 0 Å². The Morgan fingerprint density at radius 1 is 1.13 bits per heavy atom. The number of likely N-dealkylation sites (tertiary alicyclic amines) is 1. The van der Waals surface area contributed by atoms with Crippen LogP contribution in [0.2, 0.25) is 5.02 Å². The minimum absolute atomic E-state index is 0.0790. The van der Waals surface area contributed by atoms with Crippen molar-refractivity contribution in [1.82, 2.24) is 14.9 Å². The highest BCUT2D eigenvalue weighted by molar-refractivity contribution is 6.31. The van der Waals surface area contributed by atoms with E-state index in [1.54, 1.807) is 12.4 Å². The van der Waals surface area contributed by atoms with Crippen LogP contribution < -0.4 is 5.32 Å². The van der Waals surface area contributed by atoms with E-state index in [1.165, 1.54) is 25.7 Å². The van der Waals surface area contributed by atoms with Crippen LogP contribution in [0.1, 0.15) is 43.0 Å². The van der Waals surface area contributed by atoms with Gasteiger partial charge in [-0.05, 0) is 49.7 Å². The zero-order valence-electron chi connectivity index (χ0n) is 16.7. The first-order valence-corrected chi connectivity index (χ1v) is 10.7. The first-order valence-electron chi connectivity index (χ1n) is 10.3. The van der Waals surface area contributed by atoms with Gasteiger partial charge in [0.2, 0.25) is 17.5 Å². The fraction of sp³-hybridized carbons (Fsp3) is 0.348. The molecule has 0 amide bonds. The molecule has 1 aliphatic heterocycles. The zero-order chi connectivity index (χ0) is 20.8. The molecule has 1 aliphatic rings. The van der Waals surface area contributed by atoms with E-state index >= 15 is 0 Å². The molecule has 7 heteroatoms. The van der Waals surface area contributed by atoms with Crippen LogP contribution in [0.15, 0.2) is 53.2 Å². The van der Waals surface area contributed by atoms with Gasteiger partial charge < -0.3 is 9.73 Å². The molecule has 1 unspecified atom stereocenters. The molecular weight excluding hydrogens is 398 g/mol. The molecule has 0 radical (unpaired) electrons. The van der Waals surface area contributed by atoms with Crippen LogP contribution in [-0.4, -0.2) is 34.5 Å². The fourth-order valence-corrected chi connectivity index (χ4v) is 4.17. The minimum atomic E-state index is 0.0790. The number of nitrogens with zero attached hydrogens (tertiary/aromatic N) is 4. The summed E-state index contributed by atoms with van der Waals surface area (Å²) >= 11 is 6.55. The third-order valence-corrected chi connectivity index (χ3v) is 5.79. The Balaban J connectivity index is 1.59. The first-order chi connectivity index (χ1) is 14.8. The second-order valence-corrected chi connectivity index (χ2v) is 7.83. The van der Waals surface area contributed by atoms with Crippen molar-refractivity contribution in [3.05, 3.63) is 65.1 Å². The van der Waals surface area contributed by atoms with Gasteiger partial charge in [0.15, 0.2) is 0 Å². The Bertz CT molecular complexity index is 1010. The molecule has 1 atom stereocenters. The average molecular weight is 422 g/mol. The monoisotopic (exact) mass is 421 g/mol. The van der Waals surface area contributed by atoms with Gasteiger partial charge in [0.25, 0.3) is 0 Å². The Kier molecular flexibility index (Phi) is 6.63. The van der Waals surface area contributed by atoms with Gasteiger partial charge in [0.1, 0.15) is 6.07 Å². The van der Waals surface area contributed by atoms with Crippen molar-refractivity contribution in [2.24, 2.45) is 0 Å². The van der Waals surface area contributed by atoms with Crippen LogP contribution in [0.4, 0.5) is 5.88 Å². The van der Waals surface area contributed by atoms with Gasteiger partial charge in [-0.15, -0.1) is 0 Å². The molecule has 6 nitrogen and oxygen atoms in total. The van der Waals surface area contributed by atoms with Gasteiger partial charge in [0.05, 0.1) is 11.6 Å². The van der Waals surface area contributed by atoms with Crippen LogP contribution in [0.25, 0.3) is 11.5 Å². The van der Waals surface area contributed by atoms with E-state index in [0.717, 1.165) is 29.2 Å². The Labute approximate surface area is 181 Å². The molecule has 1 saturated heterocycles. The van der Waals surface area contributed by atoms with E-state index in [4.69, 9.17) is 16.0 Å². The van der Waals surface area contributed by atoms with E-state index in [1.807, 2.05) is 30.3 Å². The summed E-state index contributed by atoms with van der Waals surface area (Å²) in [6.45, 7) is 2.63. The zero-order valence-corrected chi connectivity index (χ0v) is 17.5. The largest absolute Gasteiger partial charge is 0.419 e. The van der Waals surface area contributed by atoms with Crippen molar-refractivity contribution in [1.29, 1.82) is 5.26 Å². The average Bonchev–Trinajstić information content (AvgIpc) is 3.01. The smallest absolute Gasteiger partial charge is 0.232 e. The maximum Gasteiger partial charge on any atom is 0.232 e. The number of hydrogen-bond donors (Lipinski definition) is 1. The molecule has 3 aromatic rings. The summed E-state index contributed by atoms with van der Waals surface area (Å²) < 4.78 is 5.88. The molecule has 2 aromatic heterocycles. The molecule has 0 bridgehead atoms. The van der Waals surface area contributed by atoms with E-state index in [9.17, 15) is 5.26 Å². The van der Waals surface area contributed by atoms with Gasteiger partial charge in [-0.3, -0.25) is 9.88 Å². The van der Waals surface area contributed by atoms with Gasteiger partial charge >= 0.3 is 0 Å². The van der Waals surface area contributed by atoms with E-state index in [-0.39, 0.29) is 11.7 Å². The summed E-state index contributed by atoms with van der Waals surface area (Å²) in [7, 11) is 0. The summed E-state index contributed by atoms with van der Waals surface area (Å²) in [5, 5.41) is 13.6. The van der Waals surface area contributed by atoms with Gasteiger partial charge in [-0.2, -0.15) is 10.2 Å². The highest BCUT2D eigenvalue weighted by atomic mass is 35.5. The van der Waals surface area contributed by atoms with Crippen molar-refractivity contribution in [2.45, 2.75) is 31.7 Å². The number of benzene rings is 1. The van der Waals surface area contributed by atoms with Crippen LogP contribution in [0.5, 0.6) is 0 Å². The maximum atomic E-state index is 9.53. The van der Waals surface area contributed by atoms with Gasteiger partial charge in [-0.1, -0.05) is 42.6 Å². The van der Waals surface area contributed by atoms with Crippen molar-refractivity contribution < 1.29 is 4.42 Å². The summed E-state index contributed by atoms with van der Waals surface area (Å²) in [6, 6.07) is 13.8. The number of halogens is 1. The predicted octanol–water partition coefficient (Wildman–Crippen LogP) is 5.29. The number of nitrogens with one attached hydrogen (secondary N) is 1. The molecule has 154 valence electrons. The molecule has 4 rings (SSSR count). The Hall–Kier alpha value is -2.88. The second kappa shape index (κ2) is 9.75. The third-order valence-electron chi connectivity index (χ3n) is 5.44. The highest BCUT2D eigenvalue weighted by Gasteiger charge is 2.24. The number of anilines is 1. The van der Waals surface area contributed by atoms with Crippen molar-refractivity contribution >= 4 is 17.5 Å². The lowest BCUT2D eigenvalue weighted by molar-refractivity contribution is 0.213. The molecule has 30 heavy (non-hydrogen) atoms. The molecule has 0 aliphatic carbocycles. The van der Waals surface area contributed by atoms with Crippen molar-refractivity contribution in [3.8, 4) is 17.5 Å². The Morgan fingerprint density at radius 3 is 2.63 bits per heavy atom. The lowest BCUT2D eigenvalue weighted by atomic mass is 10.0. The molecule has 0 spiro atoms. The second-order valence-electron chi connectivity index (χ2n) is 7.42. The quantitative estimate of drug-likeness (QED) is 0.582. The molecular formula is C23H24ClN5O. The minimum Gasteiger partial charge on any atom is -0.419 e. The molecule has 1 aromatic carbocycles. The van der Waals surface area contributed by atoms with E-state index in [2.05, 4.69) is 32.3 Å². The van der Waals surface area contributed by atoms with Crippen LogP contribution >= 0.6 is 11.6 Å². The van der Waals surface area contributed by atoms with Crippen LogP contribution in [0.3, 0.4) is 0 Å². The molecule has 3 heterocycles. The van der Waals surface area contributed by atoms with E-state index in [0.29, 0.717) is 18.3 Å². The number of rotatable bonds is 6. The number of hydrogen-bond acceptors (Lipinski definition) is 6. The summed E-state index contributed by atoms with van der Waals surface area (Å²) in [5.74, 6) is 0.759. The SMILES string of the molecule is N#Cc1nc(-c2cccnc2)oc1NCC(c1ccccc1Cl)N1CCCCCC1. The molecule has 1 fully saturated rings. The normalized spacial score (nSPS) is 15.9. The van der Waals surface area contributed by atoms with Gasteiger partial charge in [0, 0.05) is 24.0 Å². The summed E-state index contributed by atoms with van der Waals surface area (Å²) in [4.78, 5) is 10.9. The van der Waals surface area contributed by atoms with Crippen molar-refractivity contribution in [2.75, 3.05) is 25.0 Å². The van der Waals surface area contributed by atoms with Gasteiger partial charge in [-0.25, -0.2) is 0 Å². The number of pyridine rings is 1. The fourth-order valence-electron chi connectivity index (χ4n) is 3.91. The van der Waals surface area contributed by atoms with Crippen LogP contribution in [0, 0.1) is 11.3 Å². The topological polar surface area (TPSA) is 78.0 Å². The lowest BCUT2D eigenvalue weighted by Crippen LogP contribution is -2.34. The van der Waals surface area contributed by atoms with Crippen molar-refractivity contribution in [3.63, 3.8) is 0 Å². The van der Waals surface area contributed by atoms with E-state index < -0.39 is 0 Å². The highest BCUT2D eigenvalue weighted by Crippen LogP contribution is 2.31.